The lowest BCUT2D eigenvalue weighted by Crippen LogP contribution is -2.35. The van der Waals surface area contributed by atoms with Crippen molar-refractivity contribution in [2.75, 3.05) is 16.0 Å². The molecule has 0 unspecified atom stereocenters. The second-order valence-electron chi connectivity index (χ2n) is 7.21. The van der Waals surface area contributed by atoms with Crippen LogP contribution in [0, 0.1) is 5.82 Å². The molecule has 0 spiro atoms. The van der Waals surface area contributed by atoms with E-state index < -0.39 is 21.6 Å². The maximum absolute atomic E-state index is 13.2. The van der Waals surface area contributed by atoms with Crippen molar-refractivity contribution in [1.29, 1.82) is 0 Å². The molecule has 2 amide bonds. The molecule has 0 saturated carbocycles. The SMILES string of the molecule is CCC(=O)N1c2ccc(S(=O)(=O)CCC(=O)Nc3ccc(F)c(Cl)c3)cc2C[C@H]1C. The van der Waals surface area contributed by atoms with Crippen LogP contribution in [0.5, 0.6) is 0 Å². The number of carbonyl (C=O) groups is 2. The molecular weight excluding hydrogens is 431 g/mol. The zero-order chi connectivity index (χ0) is 22.1. The first-order valence-corrected chi connectivity index (χ1v) is 11.6. The Labute approximate surface area is 179 Å². The predicted octanol–water partition coefficient (Wildman–Crippen LogP) is 3.97. The van der Waals surface area contributed by atoms with Gasteiger partial charge in [0.2, 0.25) is 11.8 Å². The maximum Gasteiger partial charge on any atom is 0.226 e. The van der Waals surface area contributed by atoms with Gasteiger partial charge in [-0.05, 0) is 55.3 Å². The summed E-state index contributed by atoms with van der Waals surface area (Å²) in [5, 5.41) is 2.37. The Morgan fingerprint density at radius 2 is 1.97 bits per heavy atom. The monoisotopic (exact) mass is 452 g/mol. The molecule has 1 aliphatic heterocycles. The molecular formula is C21H22ClFN2O4S. The van der Waals surface area contributed by atoms with Crippen molar-refractivity contribution in [2.24, 2.45) is 0 Å². The molecule has 2 aromatic rings. The third kappa shape index (κ3) is 4.65. The number of hydrogen-bond acceptors (Lipinski definition) is 4. The van der Waals surface area contributed by atoms with Gasteiger partial charge in [0.1, 0.15) is 5.82 Å². The minimum Gasteiger partial charge on any atom is -0.326 e. The van der Waals surface area contributed by atoms with Crippen LogP contribution in [0.15, 0.2) is 41.3 Å². The summed E-state index contributed by atoms with van der Waals surface area (Å²) in [6.07, 6.45) is 0.694. The lowest BCUT2D eigenvalue weighted by Gasteiger charge is -2.22. The molecule has 160 valence electrons. The van der Waals surface area contributed by atoms with Gasteiger partial charge >= 0.3 is 0 Å². The molecule has 0 saturated heterocycles. The number of rotatable bonds is 6. The van der Waals surface area contributed by atoms with Crippen LogP contribution in [0.25, 0.3) is 0 Å². The van der Waals surface area contributed by atoms with E-state index in [1.54, 1.807) is 24.0 Å². The van der Waals surface area contributed by atoms with Crippen molar-refractivity contribution in [3.05, 3.63) is 52.8 Å². The van der Waals surface area contributed by atoms with Crippen LogP contribution >= 0.6 is 11.6 Å². The molecule has 0 aliphatic carbocycles. The highest BCUT2D eigenvalue weighted by molar-refractivity contribution is 7.91. The second-order valence-corrected chi connectivity index (χ2v) is 9.72. The zero-order valence-corrected chi connectivity index (χ0v) is 18.2. The summed E-state index contributed by atoms with van der Waals surface area (Å²) in [6, 6.07) is 8.40. The van der Waals surface area contributed by atoms with Crippen LogP contribution in [0.2, 0.25) is 5.02 Å². The molecule has 0 fully saturated rings. The average molecular weight is 453 g/mol. The Bertz CT molecular complexity index is 1100. The molecule has 0 radical (unpaired) electrons. The van der Waals surface area contributed by atoms with Crippen molar-refractivity contribution in [2.45, 2.75) is 44.0 Å². The van der Waals surface area contributed by atoms with Crippen LogP contribution in [0.4, 0.5) is 15.8 Å². The standard InChI is InChI=1S/C21H22ClFN2O4S/c1-3-21(27)25-13(2)10-14-11-16(5-7-19(14)25)30(28,29)9-8-20(26)24-15-4-6-18(23)17(22)12-15/h4-7,11-13H,3,8-10H2,1-2H3,(H,24,26)/t13-/m1/s1. The molecule has 9 heteroatoms. The number of halogens is 2. The first kappa shape index (κ1) is 22.2. The number of sulfone groups is 1. The summed E-state index contributed by atoms with van der Waals surface area (Å²) >= 11 is 5.68. The molecule has 1 heterocycles. The van der Waals surface area contributed by atoms with E-state index >= 15 is 0 Å². The number of amides is 2. The first-order valence-electron chi connectivity index (χ1n) is 9.55. The lowest BCUT2D eigenvalue weighted by molar-refractivity contribution is -0.118. The fourth-order valence-corrected chi connectivity index (χ4v) is 4.96. The van der Waals surface area contributed by atoms with Crippen LogP contribution in [0.1, 0.15) is 32.3 Å². The largest absolute Gasteiger partial charge is 0.326 e. The van der Waals surface area contributed by atoms with Gasteiger partial charge in [0.15, 0.2) is 9.84 Å². The zero-order valence-electron chi connectivity index (χ0n) is 16.6. The van der Waals surface area contributed by atoms with E-state index in [1.165, 1.54) is 18.2 Å². The number of hydrogen-bond donors (Lipinski definition) is 1. The second kappa shape index (κ2) is 8.73. The molecule has 30 heavy (non-hydrogen) atoms. The highest BCUT2D eigenvalue weighted by Gasteiger charge is 2.31. The van der Waals surface area contributed by atoms with Gasteiger partial charge in [0.25, 0.3) is 0 Å². The summed E-state index contributed by atoms with van der Waals surface area (Å²) in [6.45, 7) is 3.71. The number of nitrogens with zero attached hydrogens (tertiary/aromatic N) is 1. The Morgan fingerprint density at radius 1 is 1.23 bits per heavy atom. The van der Waals surface area contributed by atoms with Gasteiger partial charge in [-0.15, -0.1) is 0 Å². The molecule has 1 N–H and O–H groups in total. The topological polar surface area (TPSA) is 83.6 Å². The highest BCUT2D eigenvalue weighted by Crippen LogP contribution is 2.34. The lowest BCUT2D eigenvalue weighted by atomic mass is 10.1. The Kier molecular flexibility index (Phi) is 6.47. The highest BCUT2D eigenvalue weighted by atomic mass is 35.5. The third-order valence-electron chi connectivity index (χ3n) is 5.00. The normalized spacial score (nSPS) is 15.7. The average Bonchev–Trinajstić information content (AvgIpc) is 3.03. The quantitative estimate of drug-likeness (QED) is 0.718. The van der Waals surface area contributed by atoms with E-state index in [2.05, 4.69) is 5.32 Å². The summed E-state index contributed by atoms with van der Waals surface area (Å²) in [7, 11) is -3.70. The van der Waals surface area contributed by atoms with Gasteiger partial charge in [-0.1, -0.05) is 18.5 Å². The summed E-state index contributed by atoms with van der Waals surface area (Å²) in [4.78, 5) is 26.1. The maximum atomic E-state index is 13.2. The van der Waals surface area contributed by atoms with Crippen molar-refractivity contribution < 1.29 is 22.4 Å². The number of fused-ring (bicyclic) bond motifs is 1. The van der Waals surface area contributed by atoms with E-state index in [0.29, 0.717) is 12.8 Å². The minimum absolute atomic E-state index is 0.00516. The fraction of sp³-hybridized carbons (Fsp3) is 0.333. The first-order chi connectivity index (χ1) is 14.1. The number of benzene rings is 2. The van der Waals surface area contributed by atoms with E-state index in [4.69, 9.17) is 11.6 Å². The molecule has 0 aromatic heterocycles. The van der Waals surface area contributed by atoms with Gasteiger partial charge < -0.3 is 10.2 Å². The van der Waals surface area contributed by atoms with Crippen LogP contribution in [-0.4, -0.2) is 32.0 Å². The molecule has 1 atom stereocenters. The van der Waals surface area contributed by atoms with Crippen molar-refractivity contribution in [3.63, 3.8) is 0 Å². The van der Waals surface area contributed by atoms with Gasteiger partial charge in [0, 0.05) is 30.3 Å². The Balaban J connectivity index is 1.69. The van der Waals surface area contributed by atoms with E-state index in [0.717, 1.165) is 17.3 Å². The molecule has 2 aromatic carbocycles. The fourth-order valence-electron chi connectivity index (χ4n) is 3.49. The Morgan fingerprint density at radius 3 is 2.63 bits per heavy atom. The molecule has 3 rings (SSSR count). The van der Waals surface area contributed by atoms with Crippen LogP contribution in [0.3, 0.4) is 0 Å². The molecule has 0 bridgehead atoms. The van der Waals surface area contributed by atoms with Gasteiger partial charge in [-0.2, -0.15) is 0 Å². The smallest absolute Gasteiger partial charge is 0.226 e. The molecule has 1 aliphatic rings. The molecule has 6 nitrogen and oxygen atoms in total. The van der Waals surface area contributed by atoms with Crippen molar-refractivity contribution in [3.8, 4) is 0 Å². The third-order valence-corrected chi connectivity index (χ3v) is 7.00. The van der Waals surface area contributed by atoms with Gasteiger partial charge in [0.05, 0.1) is 15.7 Å². The van der Waals surface area contributed by atoms with E-state index in [9.17, 15) is 22.4 Å². The van der Waals surface area contributed by atoms with E-state index in [-0.39, 0.29) is 39.7 Å². The number of anilines is 2. The van der Waals surface area contributed by atoms with Crippen LogP contribution < -0.4 is 10.2 Å². The van der Waals surface area contributed by atoms with Crippen molar-refractivity contribution in [1.82, 2.24) is 0 Å². The van der Waals surface area contributed by atoms with E-state index in [1.807, 2.05) is 6.92 Å². The van der Waals surface area contributed by atoms with Gasteiger partial charge in [-0.3, -0.25) is 9.59 Å². The van der Waals surface area contributed by atoms with Gasteiger partial charge in [-0.25, -0.2) is 12.8 Å². The Hall–Kier alpha value is -2.45. The number of nitrogens with one attached hydrogen (secondary N) is 1. The minimum atomic E-state index is -3.70. The summed E-state index contributed by atoms with van der Waals surface area (Å²) < 4.78 is 38.6. The van der Waals surface area contributed by atoms with Crippen LogP contribution in [-0.2, 0) is 25.8 Å². The summed E-state index contributed by atoms with van der Waals surface area (Å²) in [5.41, 5.74) is 1.83. The van der Waals surface area contributed by atoms with Crippen molar-refractivity contribution >= 4 is 44.6 Å². The summed E-state index contributed by atoms with van der Waals surface area (Å²) in [5.74, 6) is -1.51. The number of carbonyl (C=O) groups excluding carboxylic acids is 2. The predicted molar refractivity (Wildman–Crippen MR) is 114 cm³/mol.